The summed E-state index contributed by atoms with van der Waals surface area (Å²) in [6.07, 6.45) is 1.79. The highest BCUT2D eigenvalue weighted by molar-refractivity contribution is 7.57. The molecule has 0 aromatic heterocycles. The topological polar surface area (TPSA) is 44.8 Å². The summed E-state index contributed by atoms with van der Waals surface area (Å²) in [6.45, 7) is 18.5. The van der Waals surface area contributed by atoms with E-state index in [1.54, 1.807) is 19.4 Å². The van der Waals surface area contributed by atoms with Crippen LogP contribution in [0, 0.1) is 0 Å². The van der Waals surface area contributed by atoms with E-state index in [0.29, 0.717) is 12.4 Å². The number of benzene rings is 1. The first kappa shape index (κ1) is 21.2. The van der Waals surface area contributed by atoms with Gasteiger partial charge in [0.25, 0.3) is 0 Å². The van der Waals surface area contributed by atoms with Crippen LogP contribution < -0.4 is 4.74 Å². The van der Waals surface area contributed by atoms with Gasteiger partial charge in [0.15, 0.2) is 22.5 Å². The molecule has 0 radical (unpaired) electrons. The molecule has 1 rings (SSSR count). The molecule has 0 aliphatic rings. The quantitative estimate of drug-likeness (QED) is 0.332. The lowest BCUT2D eigenvalue weighted by atomic mass is 10.1. The zero-order chi connectivity index (χ0) is 18.6. The van der Waals surface area contributed by atoms with Crippen molar-refractivity contribution in [2.24, 2.45) is 0 Å². The molecule has 1 aromatic rings. The number of hydrogen-bond acceptors (Lipinski definition) is 4. The molecule has 0 saturated heterocycles. The van der Waals surface area contributed by atoms with Crippen molar-refractivity contribution in [3.63, 3.8) is 0 Å². The minimum Gasteiger partial charge on any atom is -0.467 e. The lowest BCUT2D eigenvalue weighted by Gasteiger charge is -2.36. The molecule has 0 atom stereocenters. The summed E-state index contributed by atoms with van der Waals surface area (Å²) < 4.78 is 28.8. The monoisotopic (exact) mass is 370 g/mol. The van der Waals surface area contributed by atoms with E-state index in [1.807, 2.05) is 18.2 Å². The normalized spacial score (nSPS) is 13.0. The van der Waals surface area contributed by atoms with Crippen molar-refractivity contribution in [3.8, 4) is 5.75 Å². The highest BCUT2D eigenvalue weighted by Gasteiger charge is 2.37. The predicted molar refractivity (Wildman–Crippen MR) is 105 cm³/mol. The molecule has 6 heteroatoms. The molecule has 0 fully saturated rings. The lowest BCUT2D eigenvalue weighted by Crippen LogP contribution is -2.40. The van der Waals surface area contributed by atoms with Crippen LogP contribution in [0.5, 0.6) is 5.75 Å². The molecule has 0 N–H and O–H groups in total. The summed E-state index contributed by atoms with van der Waals surface area (Å²) in [4.78, 5) is 0. The third kappa shape index (κ3) is 6.56. The van der Waals surface area contributed by atoms with Crippen LogP contribution in [0.3, 0.4) is 0 Å². The molecule has 0 spiro atoms. The maximum absolute atomic E-state index is 11.6. The maximum Gasteiger partial charge on any atom is 0.200 e. The Balaban J connectivity index is 2.90. The van der Waals surface area contributed by atoms with Crippen molar-refractivity contribution in [1.82, 2.24) is 0 Å². The molecule has 0 unspecified atom stereocenters. The van der Waals surface area contributed by atoms with E-state index in [4.69, 9.17) is 13.7 Å². The highest BCUT2D eigenvalue weighted by Crippen LogP contribution is 2.38. The fraction of sp³-hybridized carbons (Fsp3) is 0.556. The zero-order valence-corrected chi connectivity index (χ0v) is 17.9. The standard InChI is InChI=1S/C18H31O4PSi/c1-9-15-10-11-17(20-14-21-23(5,6)19)16(12-15)13-22-24(7,8)18(2,3)4/h9-12H,1,13-14H2,2-8H3. The highest BCUT2D eigenvalue weighted by atomic mass is 31.2. The van der Waals surface area contributed by atoms with E-state index < -0.39 is 15.7 Å². The van der Waals surface area contributed by atoms with E-state index in [9.17, 15) is 4.57 Å². The van der Waals surface area contributed by atoms with Crippen molar-refractivity contribution < 1.29 is 18.3 Å². The number of rotatable bonds is 8. The molecular weight excluding hydrogens is 339 g/mol. The van der Waals surface area contributed by atoms with Crippen LogP contribution in [-0.2, 0) is 20.1 Å². The molecule has 0 bridgehead atoms. The first-order chi connectivity index (χ1) is 10.9. The SMILES string of the molecule is C=Cc1ccc(OCOP(C)(C)=O)c(CO[Si](C)(C)C(C)(C)C)c1. The second kappa shape index (κ2) is 8.00. The van der Waals surface area contributed by atoms with Gasteiger partial charge < -0.3 is 9.16 Å². The smallest absolute Gasteiger partial charge is 0.200 e. The van der Waals surface area contributed by atoms with E-state index in [-0.39, 0.29) is 11.8 Å². The van der Waals surface area contributed by atoms with Gasteiger partial charge in [-0.2, -0.15) is 0 Å². The predicted octanol–water partition coefficient (Wildman–Crippen LogP) is 5.74. The van der Waals surface area contributed by atoms with Crippen LogP contribution in [-0.4, -0.2) is 28.4 Å². The fourth-order valence-electron chi connectivity index (χ4n) is 1.67. The Labute approximate surface area is 147 Å². The van der Waals surface area contributed by atoms with Crippen LogP contribution in [0.15, 0.2) is 24.8 Å². The summed E-state index contributed by atoms with van der Waals surface area (Å²) in [6, 6.07) is 5.81. The van der Waals surface area contributed by atoms with Crippen molar-refractivity contribution in [2.75, 3.05) is 20.1 Å². The third-order valence-corrected chi connectivity index (χ3v) is 9.50. The Morgan fingerprint density at radius 1 is 1.25 bits per heavy atom. The van der Waals surface area contributed by atoms with Gasteiger partial charge in [-0.05, 0) is 35.8 Å². The molecule has 0 heterocycles. The van der Waals surface area contributed by atoms with Gasteiger partial charge in [-0.3, -0.25) is 9.09 Å². The molecule has 0 aliphatic carbocycles. The van der Waals surface area contributed by atoms with Gasteiger partial charge in [0.05, 0.1) is 6.61 Å². The molecule has 24 heavy (non-hydrogen) atoms. The Kier molecular flexibility index (Phi) is 7.06. The minimum atomic E-state index is -2.56. The summed E-state index contributed by atoms with van der Waals surface area (Å²) in [7, 11) is -4.42. The largest absolute Gasteiger partial charge is 0.467 e. The summed E-state index contributed by atoms with van der Waals surface area (Å²) in [5, 5.41) is 0.143. The first-order valence-electron chi connectivity index (χ1n) is 8.07. The summed E-state index contributed by atoms with van der Waals surface area (Å²) in [5.41, 5.74) is 1.96. The average Bonchev–Trinajstić information content (AvgIpc) is 2.43. The molecule has 0 aliphatic heterocycles. The molecule has 4 nitrogen and oxygen atoms in total. The Hall–Kier alpha value is -0.873. The van der Waals surface area contributed by atoms with Gasteiger partial charge in [-0.25, -0.2) is 0 Å². The third-order valence-electron chi connectivity index (χ3n) is 4.29. The van der Waals surface area contributed by atoms with E-state index in [0.717, 1.165) is 11.1 Å². The minimum absolute atomic E-state index is 0.0369. The summed E-state index contributed by atoms with van der Waals surface area (Å²) >= 11 is 0. The molecule has 1 aromatic carbocycles. The van der Waals surface area contributed by atoms with Gasteiger partial charge in [-0.15, -0.1) is 0 Å². The number of ether oxygens (including phenoxy) is 1. The van der Waals surface area contributed by atoms with Gasteiger partial charge in [0.1, 0.15) is 5.75 Å². The van der Waals surface area contributed by atoms with Crippen molar-refractivity contribution >= 4 is 21.8 Å². The number of hydrogen-bond donors (Lipinski definition) is 0. The van der Waals surface area contributed by atoms with Crippen LogP contribution in [0.1, 0.15) is 31.9 Å². The lowest BCUT2D eigenvalue weighted by molar-refractivity contribution is 0.121. The molecule has 0 saturated carbocycles. The second-order valence-electron chi connectivity index (χ2n) is 7.76. The van der Waals surface area contributed by atoms with E-state index in [1.165, 1.54) is 0 Å². The van der Waals surface area contributed by atoms with Gasteiger partial charge in [0.2, 0.25) is 0 Å². The van der Waals surface area contributed by atoms with Crippen molar-refractivity contribution in [1.29, 1.82) is 0 Å². The van der Waals surface area contributed by atoms with Gasteiger partial charge in [0, 0.05) is 18.9 Å². The first-order valence-corrected chi connectivity index (χ1v) is 13.5. The second-order valence-corrected chi connectivity index (χ2v) is 15.3. The van der Waals surface area contributed by atoms with Crippen LogP contribution in [0.4, 0.5) is 0 Å². The van der Waals surface area contributed by atoms with Crippen LogP contribution >= 0.6 is 7.37 Å². The van der Waals surface area contributed by atoms with Crippen LogP contribution in [0.2, 0.25) is 18.1 Å². The van der Waals surface area contributed by atoms with Crippen molar-refractivity contribution in [2.45, 2.75) is 45.5 Å². The Morgan fingerprint density at radius 3 is 2.38 bits per heavy atom. The fourth-order valence-corrected chi connectivity index (χ4v) is 2.93. The van der Waals surface area contributed by atoms with Crippen molar-refractivity contribution in [3.05, 3.63) is 35.9 Å². The van der Waals surface area contributed by atoms with Crippen LogP contribution in [0.25, 0.3) is 6.08 Å². The van der Waals surface area contributed by atoms with Gasteiger partial charge >= 0.3 is 0 Å². The molecule has 0 amide bonds. The zero-order valence-electron chi connectivity index (χ0n) is 16.0. The Morgan fingerprint density at radius 2 is 1.88 bits per heavy atom. The maximum atomic E-state index is 11.6. The van der Waals surface area contributed by atoms with E-state index in [2.05, 4.69) is 40.4 Å². The average molecular weight is 371 g/mol. The Bertz CT molecular complexity index is 614. The summed E-state index contributed by atoms with van der Waals surface area (Å²) in [5.74, 6) is 0.688. The molecule has 136 valence electrons. The van der Waals surface area contributed by atoms with E-state index >= 15 is 0 Å². The van der Waals surface area contributed by atoms with Gasteiger partial charge in [-0.1, -0.05) is 39.5 Å². The molecular formula is C18H31O4PSi.